The number of amides is 2. The number of hydrogen-bond donors (Lipinski definition) is 2. The lowest BCUT2D eigenvalue weighted by molar-refractivity contribution is -0.137. The molecule has 0 aliphatic carbocycles. The van der Waals surface area contributed by atoms with Crippen molar-refractivity contribution in [3.63, 3.8) is 0 Å². The molecule has 21 heavy (non-hydrogen) atoms. The van der Waals surface area contributed by atoms with Crippen LogP contribution in [0.15, 0.2) is 12.4 Å². The van der Waals surface area contributed by atoms with Crippen LogP contribution in [-0.2, 0) is 16.1 Å². The summed E-state index contributed by atoms with van der Waals surface area (Å²) in [6.07, 6.45) is 4.09. The second-order valence-corrected chi connectivity index (χ2v) is 5.10. The molecule has 8 nitrogen and oxygen atoms in total. The topological polar surface area (TPSA) is 119 Å². The Labute approximate surface area is 121 Å². The van der Waals surface area contributed by atoms with Crippen molar-refractivity contribution >= 4 is 17.8 Å². The molecule has 1 fully saturated rings. The van der Waals surface area contributed by atoms with Gasteiger partial charge in [-0.3, -0.25) is 19.1 Å². The highest BCUT2D eigenvalue weighted by molar-refractivity contribution is 5.94. The molecule has 8 heteroatoms. The number of primary amides is 1. The van der Waals surface area contributed by atoms with Crippen molar-refractivity contribution in [2.45, 2.75) is 25.8 Å². The SMILES string of the molecule is NC(=O)C1CCN(C(=O)c2cnn(CCC(=O)O)c2)CC1. The van der Waals surface area contributed by atoms with E-state index in [0.29, 0.717) is 31.5 Å². The van der Waals surface area contributed by atoms with Crippen LogP contribution < -0.4 is 5.73 Å². The standard InChI is InChI=1S/C13H18N4O4/c14-12(20)9-1-4-16(5-2-9)13(21)10-7-15-17(8-10)6-3-11(18)19/h7-9H,1-6H2,(H2,14,20)(H,18,19). The molecule has 0 unspecified atom stereocenters. The van der Waals surface area contributed by atoms with Crippen molar-refractivity contribution in [3.8, 4) is 0 Å². The first-order chi connectivity index (χ1) is 9.97. The summed E-state index contributed by atoms with van der Waals surface area (Å²) in [5.74, 6) is -1.54. The van der Waals surface area contributed by atoms with E-state index >= 15 is 0 Å². The molecule has 1 aromatic heterocycles. The first-order valence-electron chi connectivity index (χ1n) is 6.80. The van der Waals surface area contributed by atoms with Crippen LogP contribution in [0.2, 0.25) is 0 Å². The second kappa shape index (κ2) is 6.38. The highest BCUT2D eigenvalue weighted by Crippen LogP contribution is 2.18. The molecule has 2 amide bonds. The highest BCUT2D eigenvalue weighted by atomic mass is 16.4. The van der Waals surface area contributed by atoms with Crippen LogP contribution in [0.1, 0.15) is 29.6 Å². The number of nitrogens with two attached hydrogens (primary N) is 1. The average Bonchev–Trinajstić information content (AvgIpc) is 2.93. The predicted octanol–water partition coefficient (Wildman–Crippen LogP) is -0.305. The van der Waals surface area contributed by atoms with E-state index in [1.807, 2.05) is 0 Å². The second-order valence-electron chi connectivity index (χ2n) is 5.10. The number of likely N-dealkylation sites (tertiary alicyclic amines) is 1. The van der Waals surface area contributed by atoms with E-state index in [0.717, 1.165) is 0 Å². The number of carboxylic acids is 1. The minimum atomic E-state index is -0.910. The minimum Gasteiger partial charge on any atom is -0.481 e. The van der Waals surface area contributed by atoms with Crippen LogP contribution in [0.4, 0.5) is 0 Å². The van der Waals surface area contributed by atoms with Crippen LogP contribution in [0, 0.1) is 5.92 Å². The molecule has 1 saturated heterocycles. The Hall–Kier alpha value is -2.38. The molecule has 1 aromatic rings. The molecule has 0 aromatic carbocycles. The van der Waals surface area contributed by atoms with Gasteiger partial charge >= 0.3 is 5.97 Å². The van der Waals surface area contributed by atoms with Gasteiger partial charge in [0.1, 0.15) is 0 Å². The van der Waals surface area contributed by atoms with E-state index in [1.54, 1.807) is 11.1 Å². The van der Waals surface area contributed by atoms with Crippen LogP contribution in [0.25, 0.3) is 0 Å². The summed E-state index contributed by atoms with van der Waals surface area (Å²) in [6.45, 7) is 1.21. The van der Waals surface area contributed by atoms with Crippen LogP contribution in [0.3, 0.4) is 0 Å². The number of nitrogens with zero attached hydrogens (tertiary/aromatic N) is 3. The van der Waals surface area contributed by atoms with Gasteiger partial charge in [0, 0.05) is 25.2 Å². The molecule has 3 N–H and O–H groups in total. The molecular weight excluding hydrogens is 276 g/mol. The van der Waals surface area contributed by atoms with E-state index < -0.39 is 5.97 Å². The first kappa shape index (κ1) is 15.0. The summed E-state index contributed by atoms with van der Waals surface area (Å²) in [5.41, 5.74) is 5.69. The molecule has 0 atom stereocenters. The normalized spacial score (nSPS) is 15.9. The molecule has 1 aliphatic rings. The number of hydrogen-bond acceptors (Lipinski definition) is 4. The number of piperidine rings is 1. The fourth-order valence-corrected chi connectivity index (χ4v) is 2.36. The average molecular weight is 294 g/mol. The molecule has 0 radical (unpaired) electrons. The van der Waals surface area contributed by atoms with Crippen molar-refractivity contribution in [1.29, 1.82) is 0 Å². The third kappa shape index (κ3) is 3.80. The molecule has 0 bridgehead atoms. The Morgan fingerprint density at radius 3 is 2.57 bits per heavy atom. The summed E-state index contributed by atoms with van der Waals surface area (Å²) >= 11 is 0. The van der Waals surface area contributed by atoms with Crippen LogP contribution in [0.5, 0.6) is 0 Å². The monoisotopic (exact) mass is 294 g/mol. The Morgan fingerprint density at radius 2 is 2.00 bits per heavy atom. The van der Waals surface area contributed by atoms with Gasteiger partial charge in [-0.1, -0.05) is 0 Å². The maximum Gasteiger partial charge on any atom is 0.305 e. The molecule has 2 heterocycles. The van der Waals surface area contributed by atoms with E-state index in [1.165, 1.54) is 10.9 Å². The number of aryl methyl sites for hydroxylation is 1. The molecule has 1 aliphatic heterocycles. The lowest BCUT2D eigenvalue weighted by atomic mass is 9.96. The summed E-state index contributed by atoms with van der Waals surface area (Å²) in [4.78, 5) is 35.5. The zero-order valence-electron chi connectivity index (χ0n) is 11.6. The summed E-state index contributed by atoms with van der Waals surface area (Å²) in [6, 6.07) is 0. The van der Waals surface area contributed by atoms with E-state index in [4.69, 9.17) is 10.8 Å². The van der Waals surface area contributed by atoms with Gasteiger partial charge in [0.15, 0.2) is 0 Å². The first-order valence-corrected chi connectivity index (χ1v) is 6.80. The van der Waals surface area contributed by atoms with E-state index in [9.17, 15) is 14.4 Å². The number of carbonyl (C=O) groups excluding carboxylic acids is 2. The Balaban J connectivity index is 1.92. The lowest BCUT2D eigenvalue weighted by Gasteiger charge is -2.30. The summed E-state index contributed by atoms with van der Waals surface area (Å²) in [7, 11) is 0. The fourth-order valence-electron chi connectivity index (χ4n) is 2.36. The summed E-state index contributed by atoms with van der Waals surface area (Å²) in [5, 5.41) is 12.6. The predicted molar refractivity (Wildman–Crippen MR) is 72.3 cm³/mol. The number of aromatic nitrogens is 2. The van der Waals surface area contributed by atoms with Crippen LogP contribution in [-0.4, -0.2) is 50.7 Å². The van der Waals surface area contributed by atoms with E-state index in [2.05, 4.69) is 5.10 Å². The van der Waals surface area contributed by atoms with Gasteiger partial charge in [-0.2, -0.15) is 5.10 Å². The third-order valence-corrected chi connectivity index (χ3v) is 3.62. The zero-order chi connectivity index (χ0) is 15.4. The van der Waals surface area contributed by atoms with Crippen molar-refractivity contribution in [2.75, 3.05) is 13.1 Å². The molecule has 0 saturated carbocycles. The Kier molecular flexibility index (Phi) is 4.56. The van der Waals surface area contributed by atoms with Gasteiger partial charge in [0.05, 0.1) is 24.7 Å². The lowest BCUT2D eigenvalue weighted by Crippen LogP contribution is -2.41. The van der Waals surface area contributed by atoms with Gasteiger partial charge in [0.25, 0.3) is 5.91 Å². The molecule has 0 spiro atoms. The van der Waals surface area contributed by atoms with Gasteiger partial charge < -0.3 is 15.7 Å². The van der Waals surface area contributed by atoms with Gasteiger partial charge in [-0.15, -0.1) is 0 Å². The summed E-state index contributed by atoms with van der Waals surface area (Å²) < 4.78 is 1.44. The number of carbonyl (C=O) groups is 3. The van der Waals surface area contributed by atoms with E-state index in [-0.39, 0.29) is 30.7 Å². The molecule has 2 rings (SSSR count). The third-order valence-electron chi connectivity index (χ3n) is 3.62. The maximum atomic E-state index is 12.3. The fraction of sp³-hybridized carbons (Fsp3) is 0.538. The quantitative estimate of drug-likeness (QED) is 0.772. The number of rotatable bonds is 5. The largest absolute Gasteiger partial charge is 0.481 e. The molecule has 114 valence electrons. The Morgan fingerprint density at radius 1 is 1.33 bits per heavy atom. The van der Waals surface area contributed by atoms with Gasteiger partial charge in [-0.25, -0.2) is 0 Å². The van der Waals surface area contributed by atoms with Gasteiger partial charge in [-0.05, 0) is 12.8 Å². The highest BCUT2D eigenvalue weighted by Gasteiger charge is 2.26. The van der Waals surface area contributed by atoms with Crippen molar-refractivity contribution in [1.82, 2.24) is 14.7 Å². The Bertz CT molecular complexity index is 546. The minimum absolute atomic E-state index is 0.0423. The van der Waals surface area contributed by atoms with Gasteiger partial charge in [0.2, 0.25) is 5.91 Å². The van der Waals surface area contributed by atoms with Crippen LogP contribution >= 0.6 is 0 Å². The number of carboxylic acid groups (broad SMARTS) is 1. The zero-order valence-corrected chi connectivity index (χ0v) is 11.6. The number of aliphatic carboxylic acids is 1. The van der Waals surface area contributed by atoms with Crippen molar-refractivity contribution < 1.29 is 19.5 Å². The maximum absolute atomic E-state index is 12.3. The van der Waals surface area contributed by atoms with Crippen molar-refractivity contribution in [2.24, 2.45) is 11.7 Å². The molecular formula is C13H18N4O4. The smallest absolute Gasteiger partial charge is 0.305 e. The van der Waals surface area contributed by atoms with Crippen molar-refractivity contribution in [3.05, 3.63) is 18.0 Å².